The molecule has 2 aromatic carbocycles. The molecule has 0 aliphatic carbocycles. The summed E-state index contributed by atoms with van der Waals surface area (Å²) >= 11 is 1.77. The van der Waals surface area contributed by atoms with E-state index in [1.54, 1.807) is 23.3 Å². The van der Waals surface area contributed by atoms with Crippen LogP contribution < -0.4 is 24.8 Å². The number of hydrogen-bond donors (Lipinski definition) is 0. The Morgan fingerprint density at radius 1 is 1.00 bits per heavy atom. The normalized spacial score (nSPS) is 7.95. The molecule has 2 rings (SSSR count). The maximum atomic E-state index is 2.38. The molecule has 0 amide bonds. The molecule has 19 heavy (non-hydrogen) atoms. The maximum Gasteiger partial charge on any atom is -0.0860 e. The second-order valence-corrected chi connectivity index (χ2v) is 12.6. The van der Waals surface area contributed by atoms with E-state index in [4.69, 9.17) is 0 Å². The van der Waals surface area contributed by atoms with Crippen molar-refractivity contribution >= 4 is 5.43 Å². The number of rotatable bonds is 1. The molecule has 0 heterocycles. The van der Waals surface area contributed by atoms with Crippen LogP contribution in [0.5, 0.6) is 0 Å². The maximum absolute atomic E-state index is 2.38. The standard InChI is InChI=1S/C6H7.C5H5.C4H10Si.2ClH.Zr/c1-6-4-2-3-5-6;1-2-4-5-3-1;1-4(2)5-3;;;/h2-5H,1H3;1-5H;4H,1-3H3;2*1H;/q2*-1;;;;+2/p-2. The summed E-state index contributed by atoms with van der Waals surface area (Å²) in [6.45, 7) is 9.08. The van der Waals surface area contributed by atoms with Crippen LogP contribution in [0, 0.1) is 6.92 Å². The van der Waals surface area contributed by atoms with Gasteiger partial charge < -0.3 is 24.8 Å². The van der Waals surface area contributed by atoms with Crippen molar-refractivity contribution in [2.45, 2.75) is 32.9 Å². The monoisotopic (exact) mass is 390 g/mol. The van der Waals surface area contributed by atoms with Crippen molar-refractivity contribution in [2.24, 2.45) is 0 Å². The summed E-state index contributed by atoms with van der Waals surface area (Å²) in [5.41, 5.74) is 2.47. The first-order chi connectivity index (χ1) is 8.04. The Balaban J connectivity index is -0.000000193. The number of aryl methyl sites for hydroxylation is 1. The minimum atomic E-state index is 0. The summed E-state index contributed by atoms with van der Waals surface area (Å²) in [6, 6.07) is 18.2. The zero-order chi connectivity index (χ0) is 13.1. The molecule has 0 spiro atoms. The summed E-state index contributed by atoms with van der Waals surface area (Å²) in [4.78, 5) is 0. The van der Waals surface area contributed by atoms with E-state index >= 15 is 0 Å². The Morgan fingerprint density at radius 3 is 1.47 bits per heavy atom. The van der Waals surface area contributed by atoms with Gasteiger partial charge in [-0.15, -0.1) is 0 Å². The van der Waals surface area contributed by atoms with Gasteiger partial charge in [0.1, 0.15) is 0 Å². The van der Waals surface area contributed by atoms with Crippen molar-refractivity contribution < 1.29 is 48.1 Å². The van der Waals surface area contributed by atoms with Crippen molar-refractivity contribution in [1.82, 2.24) is 0 Å². The third kappa shape index (κ3) is 18.4. The van der Waals surface area contributed by atoms with Crippen LogP contribution in [0.4, 0.5) is 0 Å². The topological polar surface area (TPSA) is 0 Å². The van der Waals surface area contributed by atoms with Crippen LogP contribution in [0.1, 0.15) is 19.4 Å². The molecule has 4 heteroatoms. The van der Waals surface area contributed by atoms with Crippen LogP contribution in [0.3, 0.4) is 0 Å². The largest absolute Gasteiger partial charge is 1.00 e. The molecule has 0 fully saturated rings. The van der Waals surface area contributed by atoms with E-state index in [0.717, 1.165) is 5.54 Å². The molecule has 0 radical (unpaired) electrons. The second-order valence-electron chi connectivity index (χ2n) is 4.26. The summed E-state index contributed by atoms with van der Waals surface area (Å²) in [5.74, 6) is 0. The Kier molecular flexibility index (Phi) is 21.1. The molecule has 0 N–H and O–H groups in total. The van der Waals surface area contributed by atoms with Crippen molar-refractivity contribution in [3.05, 3.63) is 60.2 Å². The first-order valence-corrected chi connectivity index (χ1v) is 11.7. The first-order valence-electron chi connectivity index (χ1n) is 5.94. The Bertz CT molecular complexity index is 350. The molecule has 0 nitrogen and oxygen atoms in total. The van der Waals surface area contributed by atoms with E-state index in [9.17, 15) is 0 Å². The fourth-order valence-electron chi connectivity index (χ4n) is 0.791. The van der Waals surface area contributed by atoms with E-state index in [2.05, 4.69) is 39.5 Å². The quantitative estimate of drug-likeness (QED) is 0.418. The summed E-state index contributed by atoms with van der Waals surface area (Å²) in [7, 11) is 0. The van der Waals surface area contributed by atoms with Crippen LogP contribution >= 0.6 is 0 Å². The van der Waals surface area contributed by atoms with Gasteiger partial charge in [0.2, 0.25) is 0 Å². The van der Waals surface area contributed by atoms with Gasteiger partial charge in [-0.1, -0.05) is 6.92 Å². The van der Waals surface area contributed by atoms with Crippen molar-refractivity contribution in [2.75, 3.05) is 0 Å². The summed E-state index contributed by atoms with van der Waals surface area (Å²) in [6.07, 6.45) is 0. The average molecular weight is 393 g/mol. The van der Waals surface area contributed by atoms with E-state index < -0.39 is 0 Å². The van der Waals surface area contributed by atoms with Gasteiger partial charge in [-0.2, -0.15) is 35.9 Å². The van der Waals surface area contributed by atoms with Gasteiger partial charge in [0.15, 0.2) is 0 Å². The summed E-state index contributed by atoms with van der Waals surface area (Å²) < 4.78 is 0. The van der Waals surface area contributed by atoms with E-state index in [1.165, 1.54) is 5.56 Å². The average Bonchev–Trinajstić information content (AvgIpc) is 2.92. The zero-order valence-corrected chi connectivity index (χ0v) is 17.0. The minimum absolute atomic E-state index is 0. The Labute approximate surface area is 145 Å². The first kappa shape index (κ1) is 24.4. The fraction of sp³-hybridized carbons (Fsp3) is 0.333. The molecule has 0 atom stereocenters. The number of hydrogen-bond acceptors (Lipinski definition) is 0. The van der Waals surface area contributed by atoms with Crippen LogP contribution in [-0.4, -0.2) is 5.43 Å². The van der Waals surface area contributed by atoms with Gasteiger partial charge in [0, 0.05) is 0 Å². The third-order valence-corrected chi connectivity index (χ3v) is 8.24. The molecule has 0 aromatic heterocycles. The molecule has 0 aliphatic heterocycles. The van der Waals surface area contributed by atoms with Gasteiger partial charge in [0.25, 0.3) is 0 Å². The molecule has 0 aliphatic rings. The van der Waals surface area contributed by atoms with E-state index in [1.807, 2.05) is 42.5 Å². The third-order valence-electron chi connectivity index (χ3n) is 2.25. The van der Waals surface area contributed by atoms with Gasteiger partial charge in [-0.05, 0) is 0 Å². The fourth-order valence-corrected chi connectivity index (χ4v) is 0.791. The Hall–Kier alpha value is 0.380. The molecule has 106 valence electrons. The van der Waals surface area contributed by atoms with Gasteiger partial charge in [-0.25, -0.2) is 24.3 Å². The van der Waals surface area contributed by atoms with Crippen LogP contribution in [0.15, 0.2) is 54.6 Å². The van der Waals surface area contributed by atoms with Crippen molar-refractivity contribution in [3.8, 4) is 0 Å². The van der Waals surface area contributed by atoms with Gasteiger partial charge >= 0.3 is 54.7 Å². The summed E-state index contributed by atoms with van der Waals surface area (Å²) in [5, 5.41) is 0. The molecule has 0 saturated heterocycles. The molecule has 0 bridgehead atoms. The minimum Gasteiger partial charge on any atom is -1.00 e. The predicted octanol–water partition coefficient (Wildman–Crippen LogP) is -1.31. The SMILES string of the molecule is CC(C)[Si](C)=[Zr+2].C[c-]1cccc1.[Cl-].[Cl-].c1cc[cH-]c1. The zero-order valence-electron chi connectivity index (χ0n) is 12.0. The van der Waals surface area contributed by atoms with Crippen LogP contribution in [0.25, 0.3) is 0 Å². The van der Waals surface area contributed by atoms with Gasteiger partial charge in [-0.3, -0.25) is 0 Å². The second kappa shape index (κ2) is 16.4. The van der Waals surface area contributed by atoms with E-state index in [-0.39, 0.29) is 30.2 Å². The molecular formula is C15H22Cl2SiZr-2. The van der Waals surface area contributed by atoms with Crippen molar-refractivity contribution in [1.29, 1.82) is 0 Å². The molecule has 2 aromatic rings. The van der Waals surface area contributed by atoms with Crippen LogP contribution in [0.2, 0.25) is 12.1 Å². The molecule has 0 saturated carbocycles. The predicted molar refractivity (Wildman–Crippen MR) is 75.5 cm³/mol. The smallest absolute Gasteiger partial charge is 0.0860 e. The van der Waals surface area contributed by atoms with Crippen LogP contribution in [-0.2, 0) is 23.3 Å². The number of halogens is 2. The Morgan fingerprint density at radius 2 is 1.37 bits per heavy atom. The van der Waals surface area contributed by atoms with Gasteiger partial charge in [0.05, 0.1) is 0 Å². The van der Waals surface area contributed by atoms with E-state index in [0.29, 0.717) is 0 Å². The molecular weight excluding hydrogens is 370 g/mol. The molecule has 0 unspecified atom stereocenters. The van der Waals surface area contributed by atoms with Crippen molar-refractivity contribution in [3.63, 3.8) is 0 Å².